The van der Waals surface area contributed by atoms with Crippen molar-refractivity contribution >= 4 is 56.4 Å². The fourth-order valence-electron chi connectivity index (χ4n) is 1.59. The summed E-state index contributed by atoms with van der Waals surface area (Å²) < 4.78 is 5.61. The second-order valence-corrected chi connectivity index (χ2v) is 5.79. The summed E-state index contributed by atoms with van der Waals surface area (Å²) in [4.78, 5) is 10.5. The van der Waals surface area contributed by atoms with Gasteiger partial charge in [-0.15, -0.1) is 0 Å². The van der Waals surface area contributed by atoms with Crippen LogP contribution in [0, 0.1) is 10.1 Å². The van der Waals surface area contributed by atoms with E-state index in [0.29, 0.717) is 16.1 Å². The summed E-state index contributed by atoms with van der Waals surface area (Å²) in [7, 11) is 0. The molecule has 0 bridgehead atoms. The molecule has 0 N–H and O–H groups in total. The van der Waals surface area contributed by atoms with E-state index in [2.05, 4.69) is 15.9 Å². The number of benzene rings is 2. The number of hydrogen-bond donors (Lipinski definition) is 0. The van der Waals surface area contributed by atoms with E-state index < -0.39 is 4.92 Å². The maximum atomic E-state index is 11.1. The molecule has 0 atom stereocenters. The van der Waals surface area contributed by atoms with Crippen molar-refractivity contribution in [2.45, 2.75) is 5.33 Å². The zero-order valence-electron chi connectivity index (χ0n) is 10.3. The van der Waals surface area contributed by atoms with Gasteiger partial charge in [-0.25, -0.2) is 0 Å². The first-order chi connectivity index (χ1) is 9.92. The van der Waals surface area contributed by atoms with E-state index in [-0.39, 0.29) is 21.5 Å². The van der Waals surface area contributed by atoms with Gasteiger partial charge in [-0.3, -0.25) is 10.1 Å². The van der Waals surface area contributed by atoms with Gasteiger partial charge in [0.15, 0.2) is 0 Å². The molecule has 2 rings (SSSR count). The minimum Gasteiger partial charge on any atom is -0.450 e. The highest BCUT2D eigenvalue weighted by atomic mass is 79.9. The van der Waals surface area contributed by atoms with E-state index in [1.54, 1.807) is 18.2 Å². The zero-order valence-corrected chi connectivity index (χ0v) is 14.1. The normalized spacial score (nSPS) is 10.5. The maximum Gasteiger partial charge on any atom is 0.313 e. The van der Waals surface area contributed by atoms with Gasteiger partial charge < -0.3 is 4.74 Å². The van der Waals surface area contributed by atoms with Crippen molar-refractivity contribution in [3.05, 3.63) is 61.1 Å². The van der Waals surface area contributed by atoms with Crippen LogP contribution in [0.4, 0.5) is 5.69 Å². The summed E-state index contributed by atoms with van der Waals surface area (Å²) in [6, 6.07) is 7.49. The van der Waals surface area contributed by atoms with Crippen molar-refractivity contribution in [1.29, 1.82) is 0 Å². The summed E-state index contributed by atoms with van der Waals surface area (Å²) >= 11 is 20.9. The van der Waals surface area contributed by atoms with Gasteiger partial charge in [0.25, 0.3) is 0 Å². The van der Waals surface area contributed by atoms with Crippen molar-refractivity contribution in [1.82, 2.24) is 0 Å². The zero-order chi connectivity index (χ0) is 15.6. The lowest BCUT2D eigenvalue weighted by molar-refractivity contribution is -0.385. The molecule has 4 nitrogen and oxygen atoms in total. The number of rotatable bonds is 4. The van der Waals surface area contributed by atoms with Crippen LogP contribution < -0.4 is 4.74 Å². The quantitative estimate of drug-likeness (QED) is 0.340. The van der Waals surface area contributed by atoms with Gasteiger partial charge in [0.2, 0.25) is 5.75 Å². The predicted octanol–water partition coefficient (Wildman–Crippen LogP) is 6.24. The molecule has 0 amide bonds. The van der Waals surface area contributed by atoms with Crippen LogP contribution in [-0.4, -0.2) is 4.92 Å². The van der Waals surface area contributed by atoms with Gasteiger partial charge >= 0.3 is 5.69 Å². The van der Waals surface area contributed by atoms with Crippen LogP contribution in [0.1, 0.15) is 5.56 Å². The van der Waals surface area contributed by atoms with Gasteiger partial charge in [-0.2, -0.15) is 0 Å². The monoisotopic (exact) mass is 409 g/mol. The topological polar surface area (TPSA) is 52.4 Å². The molecule has 0 saturated heterocycles. The molecular weight excluding hydrogens is 404 g/mol. The summed E-state index contributed by atoms with van der Waals surface area (Å²) in [6.45, 7) is 0. The molecule has 0 spiro atoms. The maximum absolute atomic E-state index is 11.1. The summed E-state index contributed by atoms with van der Waals surface area (Å²) in [6.07, 6.45) is 0. The van der Waals surface area contributed by atoms with Crippen molar-refractivity contribution < 1.29 is 9.66 Å². The van der Waals surface area contributed by atoms with Gasteiger partial charge in [0, 0.05) is 28.0 Å². The highest BCUT2D eigenvalue weighted by Gasteiger charge is 2.20. The van der Waals surface area contributed by atoms with Crippen LogP contribution in [0.25, 0.3) is 0 Å². The SMILES string of the molecule is O=[N+]([O-])c1cc(Cl)c(Cl)cc1Oc1cc(Cl)ccc1CBr. The molecule has 0 saturated carbocycles. The van der Waals surface area contributed by atoms with E-state index >= 15 is 0 Å². The fraction of sp³-hybridized carbons (Fsp3) is 0.0769. The molecule has 2 aromatic carbocycles. The second-order valence-electron chi connectivity index (χ2n) is 3.98. The Morgan fingerprint density at radius 3 is 2.38 bits per heavy atom. The van der Waals surface area contributed by atoms with Crippen LogP contribution in [-0.2, 0) is 5.33 Å². The average Bonchev–Trinajstić information content (AvgIpc) is 2.42. The standard InChI is InChI=1S/C13H7BrCl3NO3/c14-6-7-1-2-8(15)3-12(7)21-13-5-10(17)9(16)4-11(13)18(19)20/h1-5H,6H2. The Morgan fingerprint density at radius 2 is 1.76 bits per heavy atom. The molecule has 0 unspecified atom stereocenters. The Morgan fingerprint density at radius 1 is 1.10 bits per heavy atom. The lowest BCUT2D eigenvalue weighted by atomic mass is 10.2. The number of nitrogens with zero attached hydrogens (tertiary/aromatic N) is 1. The van der Waals surface area contributed by atoms with Crippen molar-refractivity contribution in [3.8, 4) is 11.5 Å². The molecule has 8 heteroatoms. The fourth-order valence-corrected chi connectivity index (χ4v) is 2.53. The molecule has 0 aromatic heterocycles. The highest BCUT2D eigenvalue weighted by molar-refractivity contribution is 9.08. The Kier molecular flexibility index (Phi) is 5.32. The number of halogens is 4. The van der Waals surface area contributed by atoms with E-state index in [1.807, 2.05) is 0 Å². The minimum atomic E-state index is -0.587. The number of ether oxygens (including phenoxy) is 1. The second kappa shape index (κ2) is 6.83. The average molecular weight is 411 g/mol. The minimum absolute atomic E-state index is 0.00105. The lowest BCUT2D eigenvalue weighted by Crippen LogP contribution is -1.96. The third kappa shape index (κ3) is 3.80. The molecule has 0 fully saturated rings. The molecule has 2 aromatic rings. The van der Waals surface area contributed by atoms with Gasteiger partial charge in [0.05, 0.1) is 15.0 Å². The molecule has 21 heavy (non-hydrogen) atoms. The van der Waals surface area contributed by atoms with E-state index in [9.17, 15) is 10.1 Å². The first-order valence-corrected chi connectivity index (χ1v) is 7.83. The Hall–Kier alpha value is -1.01. The Bertz CT molecular complexity index is 709. The van der Waals surface area contributed by atoms with E-state index in [1.165, 1.54) is 6.07 Å². The lowest BCUT2D eigenvalue weighted by Gasteiger charge is -2.11. The smallest absolute Gasteiger partial charge is 0.313 e. The molecule has 0 heterocycles. The highest BCUT2D eigenvalue weighted by Crippen LogP contribution is 2.39. The Balaban J connectivity index is 2.51. The number of nitro benzene ring substituents is 1. The third-order valence-corrected chi connectivity index (χ3v) is 4.15. The van der Waals surface area contributed by atoms with E-state index in [4.69, 9.17) is 39.5 Å². The summed E-state index contributed by atoms with van der Waals surface area (Å²) in [5.74, 6) is 0.403. The van der Waals surface area contributed by atoms with Crippen molar-refractivity contribution in [2.24, 2.45) is 0 Å². The van der Waals surface area contributed by atoms with Crippen LogP contribution in [0.3, 0.4) is 0 Å². The number of nitro groups is 1. The molecule has 0 aliphatic heterocycles. The van der Waals surface area contributed by atoms with Crippen LogP contribution in [0.2, 0.25) is 15.1 Å². The Labute approximate surface area is 143 Å². The van der Waals surface area contributed by atoms with Crippen LogP contribution in [0.15, 0.2) is 30.3 Å². The predicted molar refractivity (Wildman–Crippen MR) is 87.3 cm³/mol. The van der Waals surface area contributed by atoms with E-state index in [0.717, 1.165) is 11.6 Å². The summed E-state index contributed by atoms with van der Waals surface area (Å²) in [5.41, 5.74) is 0.518. The number of alkyl halides is 1. The molecule has 110 valence electrons. The first-order valence-electron chi connectivity index (χ1n) is 5.58. The first kappa shape index (κ1) is 16.4. The van der Waals surface area contributed by atoms with Gasteiger partial charge in [-0.05, 0) is 12.1 Å². The van der Waals surface area contributed by atoms with Crippen molar-refractivity contribution in [2.75, 3.05) is 0 Å². The van der Waals surface area contributed by atoms with Gasteiger partial charge in [-0.1, -0.05) is 56.8 Å². The van der Waals surface area contributed by atoms with Crippen LogP contribution >= 0.6 is 50.7 Å². The largest absolute Gasteiger partial charge is 0.450 e. The van der Waals surface area contributed by atoms with Crippen molar-refractivity contribution in [3.63, 3.8) is 0 Å². The molecule has 0 radical (unpaired) electrons. The number of hydrogen-bond acceptors (Lipinski definition) is 3. The van der Waals surface area contributed by atoms with Crippen LogP contribution in [0.5, 0.6) is 11.5 Å². The molecule has 0 aliphatic rings. The third-order valence-electron chi connectivity index (χ3n) is 2.59. The summed E-state index contributed by atoms with van der Waals surface area (Å²) in [5, 5.41) is 12.3. The molecular formula is C13H7BrCl3NO3. The molecule has 0 aliphatic carbocycles. The van der Waals surface area contributed by atoms with Gasteiger partial charge in [0.1, 0.15) is 5.75 Å².